The average Bonchev–Trinajstić information content (AvgIpc) is 3.16. The van der Waals surface area contributed by atoms with Gasteiger partial charge in [0.25, 0.3) is 11.6 Å². The summed E-state index contributed by atoms with van der Waals surface area (Å²) in [5, 5.41) is 16.7. The summed E-state index contributed by atoms with van der Waals surface area (Å²) in [6, 6.07) is 12.2. The number of nitrogens with zero attached hydrogens (tertiary/aromatic N) is 2. The van der Waals surface area contributed by atoms with Gasteiger partial charge in [-0.1, -0.05) is 6.07 Å². The van der Waals surface area contributed by atoms with Crippen LogP contribution in [0.1, 0.15) is 28.8 Å². The predicted octanol–water partition coefficient (Wildman–Crippen LogP) is 3.63. The third kappa shape index (κ3) is 4.40. The van der Waals surface area contributed by atoms with Crippen molar-refractivity contribution in [1.82, 2.24) is 5.32 Å². The second-order valence-corrected chi connectivity index (χ2v) is 6.76. The molecule has 7 nitrogen and oxygen atoms in total. The molecule has 0 aromatic heterocycles. The number of benzene rings is 2. The van der Waals surface area contributed by atoms with E-state index in [0.717, 1.165) is 18.8 Å². The van der Waals surface area contributed by atoms with Gasteiger partial charge in [0, 0.05) is 41.7 Å². The first-order valence-corrected chi connectivity index (χ1v) is 9.08. The van der Waals surface area contributed by atoms with E-state index < -0.39 is 10.8 Å². The van der Waals surface area contributed by atoms with Crippen molar-refractivity contribution in [2.45, 2.75) is 19.8 Å². The van der Waals surface area contributed by atoms with Crippen LogP contribution in [-0.2, 0) is 0 Å². The summed E-state index contributed by atoms with van der Waals surface area (Å²) in [7, 11) is 0. The lowest BCUT2D eigenvalue weighted by atomic mass is 10.1. The molecule has 2 N–H and O–H groups in total. The fraction of sp³-hybridized carbons (Fsp3) is 0.263. The largest absolute Gasteiger partial charge is 0.372 e. The Morgan fingerprint density at radius 2 is 1.81 bits per heavy atom. The number of anilines is 2. The van der Waals surface area contributed by atoms with Crippen molar-refractivity contribution >= 4 is 40.3 Å². The minimum atomic E-state index is -0.509. The van der Waals surface area contributed by atoms with E-state index in [1.807, 2.05) is 24.3 Å². The number of nitro groups is 1. The average molecular weight is 384 g/mol. The first kappa shape index (κ1) is 18.8. The normalized spacial score (nSPS) is 13.3. The molecule has 27 heavy (non-hydrogen) atoms. The zero-order chi connectivity index (χ0) is 19.4. The van der Waals surface area contributed by atoms with Gasteiger partial charge in [-0.2, -0.15) is 0 Å². The maximum atomic E-state index is 12.4. The van der Waals surface area contributed by atoms with Gasteiger partial charge in [0.1, 0.15) is 0 Å². The van der Waals surface area contributed by atoms with Crippen molar-refractivity contribution in [2.24, 2.45) is 0 Å². The van der Waals surface area contributed by atoms with E-state index >= 15 is 0 Å². The Labute approximate surface area is 162 Å². The molecule has 0 radical (unpaired) electrons. The van der Waals surface area contributed by atoms with Gasteiger partial charge in [0.15, 0.2) is 5.11 Å². The van der Waals surface area contributed by atoms with Crippen LogP contribution < -0.4 is 15.5 Å². The highest BCUT2D eigenvalue weighted by Crippen LogP contribution is 2.23. The van der Waals surface area contributed by atoms with Gasteiger partial charge in [-0.05, 0) is 62.3 Å². The van der Waals surface area contributed by atoms with Crippen LogP contribution in [0.5, 0.6) is 0 Å². The molecule has 0 spiro atoms. The van der Waals surface area contributed by atoms with Crippen molar-refractivity contribution in [1.29, 1.82) is 0 Å². The summed E-state index contributed by atoms with van der Waals surface area (Å²) in [5.74, 6) is -0.484. The Kier molecular flexibility index (Phi) is 5.66. The van der Waals surface area contributed by atoms with E-state index in [0.29, 0.717) is 5.56 Å². The molecule has 2 aromatic carbocycles. The van der Waals surface area contributed by atoms with Crippen molar-refractivity contribution < 1.29 is 9.72 Å². The molecule has 0 unspecified atom stereocenters. The highest BCUT2D eigenvalue weighted by molar-refractivity contribution is 7.80. The number of thiocarbonyl (C=S) groups is 1. The van der Waals surface area contributed by atoms with E-state index in [9.17, 15) is 14.9 Å². The molecule has 1 aliphatic rings. The Morgan fingerprint density at radius 3 is 2.44 bits per heavy atom. The first-order chi connectivity index (χ1) is 13.0. The third-order valence-corrected chi connectivity index (χ3v) is 4.77. The van der Waals surface area contributed by atoms with E-state index in [4.69, 9.17) is 12.2 Å². The molecule has 0 saturated carbocycles. The number of amides is 1. The molecule has 1 heterocycles. The molecule has 140 valence electrons. The summed E-state index contributed by atoms with van der Waals surface area (Å²) in [6.45, 7) is 3.69. The number of carbonyl (C=O) groups is 1. The third-order valence-electron chi connectivity index (χ3n) is 4.57. The van der Waals surface area contributed by atoms with Crippen LogP contribution in [0.15, 0.2) is 42.5 Å². The fourth-order valence-electron chi connectivity index (χ4n) is 3.13. The van der Waals surface area contributed by atoms with E-state index in [-0.39, 0.29) is 16.4 Å². The molecule has 1 saturated heterocycles. The van der Waals surface area contributed by atoms with Gasteiger partial charge in [-0.25, -0.2) is 0 Å². The summed E-state index contributed by atoms with van der Waals surface area (Å²) in [5.41, 5.74) is 2.36. The Bertz CT molecular complexity index is 877. The quantitative estimate of drug-likeness (QED) is 0.475. The van der Waals surface area contributed by atoms with Gasteiger partial charge in [-0.15, -0.1) is 0 Å². The van der Waals surface area contributed by atoms with Crippen molar-refractivity contribution in [3.8, 4) is 0 Å². The topological polar surface area (TPSA) is 87.5 Å². The summed E-state index contributed by atoms with van der Waals surface area (Å²) in [4.78, 5) is 25.2. The monoisotopic (exact) mass is 384 g/mol. The highest BCUT2D eigenvalue weighted by Gasteiger charge is 2.18. The van der Waals surface area contributed by atoms with Gasteiger partial charge in [0.2, 0.25) is 0 Å². The minimum absolute atomic E-state index is 0.0981. The minimum Gasteiger partial charge on any atom is -0.372 e. The molecule has 1 amide bonds. The lowest BCUT2D eigenvalue weighted by Crippen LogP contribution is -2.34. The van der Waals surface area contributed by atoms with Crippen LogP contribution >= 0.6 is 12.2 Å². The molecular formula is C19H20N4O3S. The van der Waals surface area contributed by atoms with Crippen molar-refractivity contribution in [3.05, 3.63) is 63.7 Å². The molecule has 1 fully saturated rings. The van der Waals surface area contributed by atoms with E-state index in [2.05, 4.69) is 15.5 Å². The zero-order valence-electron chi connectivity index (χ0n) is 14.9. The number of nitrogens with one attached hydrogen (secondary N) is 2. The van der Waals surface area contributed by atoms with Gasteiger partial charge in [-0.3, -0.25) is 20.2 Å². The number of hydrogen-bond donors (Lipinski definition) is 2. The number of hydrogen-bond acceptors (Lipinski definition) is 5. The van der Waals surface area contributed by atoms with Crippen LogP contribution in [0.2, 0.25) is 0 Å². The number of rotatable bonds is 4. The fourth-order valence-corrected chi connectivity index (χ4v) is 3.34. The standard InChI is InChI=1S/C19H20N4O3S/c1-13-16(5-4-6-17(13)23(25)26)18(24)21-19(27)20-14-7-9-15(10-8-14)22-11-2-3-12-22/h4-10H,2-3,11-12H2,1H3,(H2,20,21,24,27). The SMILES string of the molecule is Cc1c(C(=O)NC(=S)Nc2ccc(N3CCCC3)cc2)cccc1[N+](=O)[O-]. The predicted molar refractivity (Wildman–Crippen MR) is 109 cm³/mol. The second kappa shape index (κ2) is 8.13. The highest BCUT2D eigenvalue weighted by atomic mass is 32.1. The Hall–Kier alpha value is -3.00. The number of carbonyl (C=O) groups excluding carboxylic acids is 1. The van der Waals surface area contributed by atoms with Gasteiger partial charge >= 0.3 is 0 Å². The summed E-state index contributed by atoms with van der Waals surface area (Å²) in [6.07, 6.45) is 2.43. The van der Waals surface area contributed by atoms with Crippen molar-refractivity contribution in [2.75, 3.05) is 23.3 Å². The zero-order valence-corrected chi connectivity index (χ0v) is 15.7. The lowest BCUT2D eigenvalue weighted by molar-refractivity contribution is -0.385. The smallest absolute Gasteiger partial charge is 0.273 e. The van der Waals surface area contributed by atoms with Gasteiger partial charge < -0.3 is 10.2 Å². The first-order valence-electron chi connectivity index (χ1n) is 8.67. The summed E-state index contributed by atoms with van der Waals surface area (Å²) >= 11 is 5.19. The Morgan fingerprint density at radius 1 is 1.15 bits per heavy atom. The molecule has 2 aromatic rings. The molecule has 0 aliphatic carbocycles. The van der Waals surface area contributed by atoms with Crippen LogP contribution in [0.4, 0.5) is 17.1 Å². The maximum absolute atomic E-state index is 12.4. The van der Waals surface area contributed by atoms with Crippen molar-refractivity contribution in [3.63, 3.8) is 0 Å². The molecule has 3 rings (SSSR count). The molecule has 1 aliphatic heterocycles. The van der Waals surface area contributed by atoms with Crippen LogP contribution in [0.25, 0.3) is 0 Å². The summed E-state index contributed by atoms with van der Waals surface area (Å²) < 4.78 is 0. The lowest BCUT2D eigenvalue weighted by Gasteiger charge is -2.18. The second-order valence-electron chi connectivity index (χ2n) is 6.36. The van der Waals surface area contributed by atoms with Crippen LogP contribution in [-0.4, -0.2) is 29.0 Å². The molecule has 0 bridgehead atoms. The van der Waals surface area contributed by atoms with Gasteiger partial charge in [0.05, 0.1) is 4.92 Å². The molecule has 8 heteroatoms. The molecule has 0 atom stereocenters. The maximum Gasteiger partial charge on any atom is 0.273 e. The van der Waals surface area contributed by atoms with E-state index in [1.165, 1.54) is 36.7 Å². The van der Waals surface area contributed by atoms with Crippen LogP contribution in [0.3, 0.4) is 0 Å². The molecular weight excluding hydrogens is 364 g/mol. The number of nitro benzene ring substituents is 1. The van der Waals surface area contributed by atoms with E-state index in [1.54, 1.807) is 6.92 Å². The Balaban J connectivity index is 1.63. The van der Waals surface area contributed by atoms with Crippen LogP contribution in [0, 0.1) is 17.0 Å².